The minimum absolute atomic E-state index is 0.215. The van der Waals surface area contributed by atoms with Gasteiger partial charge < -0.3 is 14.6 Å². The van der Waals surface area contributed by atoms with E-state index in [1.54, 1.807) is 0 Å². The number of hydrogen-bond donors (Lipinski definition) is 1. The van der Waals surface area contributed by atoms with E-state index in [1.165, 1.54) is 0 Å². The lowest BCUT2D eigenvalue weighted by molar-refractivity contribution is -0.141. The molecule has 2 aliphatic heterocycles. The Morgan fingerprint density at radius 2 is 2.17 bits per heavy atom. The van der Waals surface area contributed by atoms with Crippen LogP contribution in [0.4, 0.5) is 0 Å². The van der Waals surface area contributed by atoms with E-state index in [1.807, 2.05) is 13.8 Å². The van der Waals surface area contributed by atoms with Crippen molar-refractivity contribution in [1.82, 2.24) is 0 Å². The Hall–Kier alpha value is -1.36. The van der Waals surface area contributed by atoms with Crippen LogP contribution in [0.2, 0.25) is 0 Å². The molecule has 100 valence electrons. The largest absolute Gasteiger partial charge is 0.508 e. The van der Waals surface area contributed by atoms with Gasteiger partial charge in [-0.25, -0.2) is 4.79 Å². The van der Waals surface area contributed by atoms with Gasteiger partial charge in [-0.2, -0.15) is 0 Å². The normalized spacial score (nSPS) is 31.1. The molecule has 0 radical (unpaired) electrons. The zero-order valence-corrected chi connectivity index (χ0v) is 10.6. The summed E-state index contributed by atoms with van der Waals surface area (Å²) in [5, 5.41) is 9.97. The van der Waals surface area contributed by atoms with Crippen molar-refractivity contribution in [3.63, 3.8) is 0 Å². The van der Waals surface area contributed by atoms with E-state index < -0.39 is 24.0 Å². The number of aliphatic hydroxyl groups is 1. The molecule has 2 saturated heterocycles. The highest BCUT2D eigenvalue weighted by atomic mass is 16.6. The molecule has 2 rings (SSSR count). The minimum atomic E-state index is -0.754. The number of carbonyl (C=O) groups is 2. The van der Waals surface area contributed by atoms with Crippen LogP contribution >= 0.6 is 0 Å². The third kappa shape index (κ3) is 2.41. The van der Waals surface area contributed by atoms with Gasteiger partial charge in [0.1, 0.15) is 17.4 Å². The lowest BCUT2D eigenvalue weighted by Gasteiger charge is -2.10. The van der Waals surface area contributed by atoms with Gasteiger partial charge in [0.05, 0.1) is 0 Å². The number of Topliss-reactive ketones (excluding diaryl/α,β-unsaturated/α-hetero) is 1. The second kappa shape index (κ2) is 5.10. The molecule has 0 bridgehead atoms. The third-order valence-electron chi connectivity index (χ3n) is 3.17. The number of ether oxygens (including phenoxy) is 2. The fraction of sp³-hybridized carbons (Fsp3) is 0.692. The lowest BCUT2D eigenvalue weighted by Crippen LogP contribution is -2.20. The maximum Gasteiger partial charge on any atom is 0.346 e. The third-order valence-corrected chi connectivity index (χ3v) is 3.17. The van der Waals surface area contributed by atoms with E-state index in [2.05, 4.69) is 0 Å². The van der Waals surface area contributed by atoms with Crippen LogP contribution < -0.4 is 0 Å². The van der Waals surface area contributed by atoms with Gasteiger partial charge in [-0.15, -0.1) is 0 Å². The van der Waals surface area contributed by atoms with Crippen LogP contribution in [0, 0.1) is 5.92 Å². The molecule has 0 amide bonds. The Balaban J connectivity index is 2.20. The van der Waals surface area contributed by atoms with E-state index in [4.69, 9.17) is 9.47 Å². The van der Waals surface area contributed by atoms with Crippen LogP contribution in [0.1, 0.15) is 33.1 Å². The summed E-state index contributed by atoms with van der Waals surface area (Å²) in [5.41, 5.74) is -0.215. The van der Waals surface area contributed by atoms with Gasteiger partial charge in [-0.1, -0.05) is 13.8 Å². The average Bonchev–Trinajstić information content (AvgIpc) is 2.87. The predicted molar refractivity (Wildman–Crippen MR) is 63.0 cm³/mol. The Morgan fingerprint density at radius 3 is 2.72 bits per heavy atom. The molecule has 5 heteroatoms. The first kappa shape index (κ1) is 13.1. The Kier molecular flexibility index (Phi) is 3.71. The quantitative estimate of drug-likeness (QED) is 0.358. The molecular weight excluding hydrogens is 236 g/mol. The Morgan fingerprint density at radius 1 is 1.44 bits per heavy atom. The summed E-state index contributed by atoms with van der Waals surface area (Å²) in [7, 11) is 0. The average molecular weight is 254 g/mol. The molecule has 2 heterocycles. The highest BCUT2D eigenvalue weighted by Gasteiger charge is 2.42. The standard InChI is InChI=1S/C13H18O5/c1-7(2)6-9-12(15)10(13(16)18-9)11(14)8-4-3-5-17-8/h7-9,14H,3-6H2,1-2H3/b11-10+. The van der Waals surface area contributed by atoms with E-state index in [-0.39, 0.29) is 17.3 Å². The number of cyclic esters (lactones) is 1. The molecule has 0 aromatic rings. The van der Waals surface area contributed by atoms with Crippen LogP contribution in [0.25, 0.3) is 0 Å². The number of carbonyl (C=O) groups excluding carboxylic acids is 2. The van der Waals surface area contributed by atoms with Crippen molar-refractivity contribution in [3.8, 4) is 0 Å². The molecule has 18 heavy (non-hydrogen) atoms. The maximum atomic E-state index is 12.0. The second-order valence-electron chi connectivity index (χ2n) is 5.15. The summed E-state index contributed by atoms with van der Waals surface area (Å²) in [4.78, 5) is 23.7. The van der Waals surface area contributed by atoms with Crippen molar-refractivity contribution >= 4 is 11.8 Å². The summed E-state index contributed by atoms with van der Waals surface area (Å²) in [6.45, 7) is 4.44. The molecule has 0 saturated carbocycles. The van der Waals surface area contributed by atoms with Crippen molar-refractivity contribution in [2.75, 3.05) is 6.61 Å². The molecule has 1 N–H and O–H groups in total. The number of esters is 1. The van der Waals surface area contributed by atoms with E-state index in [9.17, 15) is 14.7 Å². The number of aliphatic hydroxyl groups excluding tert-OH is 1. The second-order valence-corrected chi connectivity index (χ2v) is 5.15. The first-order chi connectivity index (χ1) is 8.50. The van der Waals surface area contributed by atoms with Crippen LogP contribution in [-0.2, 0) is 19.1 Å². The number of ketones is 1. The van der Waals surface area contributed by atoms with Gasteiger partial charge in [0.25, 0.3) is 0 Å². The lowest BCUT2D eigenvalue weighted by atomic mass is 9.99. The van der Waals surface area contributed by atoms with Crippen molar-refractivity contribution in [2.24, 2.45) is 5.92 Å². The summed E-state index contributed by atoms with van der Waals surface area (Å²) in [6, 6.07) is 0. The molecule has 0 aromatic heterocycles. The topological polar surface area (TPSA) is 72.8 Å². The van der Waals surface area contributed by atoms with Crippen molar-refractivity contribution in [2.45, 2.75) is 45.3 Å². The van der Waals surface area contributed by atoms with E-state index in [0.29, 0.717) is 19.4 Å². The van der Waals surface area contributed by atoms with E-state index >= 15 is 0 Å². The molecule has 2 atom stereocenters. The van der Waals surface area contributed by atoms with Gasteiger partial charge >= 0.3 is 5.97 Å². The predicted octanol–water partition coefficient (Wildman–Crippen LogP) is 1.52. The SMILES string of the molecule is CC(C)CC1OC(=O)/C(=C(/O)C2CCCO2)C1=O. The van der Waals surface area contributed by atoms with Crippen LogP contribution in [0.15, 0.2) is 11.3 Å². The smallest absolute Gasteiger partial charge is 0.346 e. The zero-order valence-electron chi connectivity index (χ0n) is 10.6. The molecule has 0 aliphatic carbocycles. The Labute approximate surface area is 106 Å². The van der Waals surface area contributed by atoms with Gasteiger partial charge in [0.2, 0.25) is 5.78 Å². The summed E-state index contributed by atoms with van der Waals surface area (Å²) in [6.07, 6.45) is 0.642. The summed E-state index contributed by atoms with van der Waals surface area (Å²) >= 11 is 0. The number of hydrogen-bond acceptors (Lipinski definition) is 5. The van der Waals surface area contributed by atoms with Crippen LogP contribution in [0.5, 0.6) is 0 Å². The van der Waals surface area contributed by atoms with Gasteiger partial charge in [0.15, 0.2) is 6.10 Å². The monoisotopic (exact) mass is 254 g/mol. The van der Waals surface area contributed by atoms with Crippen molar-refractivity contribution in [3.05, 3.63) is 11.3 Å². The van der Waals surface area contributed by atoms with Crippen molar-refractivity contribution < 1.29 is 24.2 Å². The maximum absolute atomic E-state index is 12.0. The van der Waals surface area contributed by atoms with Gasteiger partial charge in [0, 0.05) is 6.61 Å². The molecule has 0 aromatic carbocycles. The molecular formula is C13H18O5. The van der Waals surface area contributed by atoms with Crippen LogP contribution in [-0.4, -0.2) is 35.7 Å². The summed E-state index contributed by atoms with van der Waals surface area (Å²) in [5.74, 6) is -1.15. The number of rotatable bonds is 3. The molecule has 2 aliphatic rings. The zero-order chi connectivity index (χ0) is 13.3. The highest BCUT2D eigenvalue weighted by molar-refractivity contribution is 6.23. The molecule has 0 spiro atoms. The van der Waals surface area contributed by atoms with Gasteiger partial charge in [-0.3, -0.25) is 4.79 Å². The molecule has 5 nitrogen and oxygen atoms in total. The van der Waals surface area contributed by atoms with Gasteiger partial charge in [-0.05, 0) is 25.2 Å². The highest BCUT2D eigenvalue weighted by Crippen LogP contribution is 2.28. The van der Waals surface area contributed by atoms with E-state index in [0.717, 1.165) is 6.42 Å². The summed E-state index contributed by atoms with van der Waals surface area (Å²) < 4.78 is 10.3. The van der Waals surface area contributed by atoms with Crippen LogP contribution in [0.3, 0.4) is 0 Å². The minimum Gasteiger partial charge on any atom is -0.508 e. The first-order valence-corrected chi connectivity index (χ1v) is 6.30. The molecule has 2 unspecified atom stereocenters. The fourth-order valence-corrected chi connectivity index (χ4v) is 2.27. The fourth-order valence-electron chi connectivity index (χ4n) is 2.27. The molecule has 2 fully saturated rings. The van der Waals surface area contributed by atoms with Crippen molar-refractivity contribution in [1.29, 1.82) is 0 Å². The Bertz CT molecular complexity index is 390. The first-order valence-electron chi connectivity index (χ1n) is 6.30.